The molecule has 4 atom stereocenters. The fraction of sp³-hybridized carbons (Fsp3) is 0.905. The van der Waals surface area contributed by atoms with Crippen molar-refractivity contribution in [2.24, 2.45) is 16.7 Å². The maximum absolute atomic E-state index is 13.0. The molecule has 4 fully saturated rings. The van der Waals surface area contributed by atoms with Gasteiger partial charge in [-0.1, -0.05) is 33.1 Å². The van der Waals surface area contributed by atoms with E-state index in [0.717, 1.165) is 0 Å². The summed E-state index contributed by atoms with van der Waals surface area (Å²) in [4.78, 5) is 25.4. The number of fused-ring (bicyclic) bond motifs is 2. The average Bonchev–Trinajstić information content (AvgIpc) is 3.06. The summed E-state index contributed by atoms with van der Waals surface area (Å²) in [6.07, 6.45) is 7.40. The van der Waals surface area contributed by atoms with Crippen LogP contribution in [0, 0.1) is 16.7 Å². The fourth-order valence-corrected chi connectivity index (χ4v) is 5.81. The van der Waals surface area contributed by atoms with E-state index in [-0.39, 0.29) is 18.2 Å². The molecule has 2 heterocycles. The molecule has 5 heteroatoms. The maximum atomic E-state index is 13.0. The van der Waals surface area contributed by atoms with Gasteiger partial charge in [-0.3, -0.25) is 4.79 Å². The van der Waals surface area contributed by atoms with Crippen molar-refractivity contribution in [2.75, 3.05) is 6.61 Å². The molecule has 2 bridgehead atoms. The maximum Gasteiger partial charge on any atom is 0.351 e. The topological polar surface area (TPSA) is 65.1 Å². The van der Waals surface area contributed by atoms with Crippen LogP contribution in [0.25, 0.3) is 0 Å². The van der Waals surface area contributed by atoms with E-state index in [0.29, 0.717) is 18.8 Å². The Hall–Kier alpha value is -1.10. The second kappa shape index (κ2) is 5.24. The van der Waals surface area contributed by atoms with Gasteiger partial charge in [-0.15, -0.1) is 0 Å². The van der Waals surface area contributed by atoms with Crippen LogP contribution in [0.3, 0.4) is 0 Å². The molecule has 0 aromatic rings. The zero-order valence-electron chi connectivity index (χ0n) is 16.8. The van der Waals surface area contributed by atoms with Crippen LogP contribution in [-0.2, 0) is 23.8 Å². The van der Waals surface area contributed by atoms with Gasteiger partial charge < -0.3 is 14.2 Å². The minimum absolute atomic E-state index is 0.211. The first-order valence-corrected chi connectivity index (χ1v) is 10.1. The first-order chi connectivity index (χ1) is 12.0. The molecule has 2 unspecified atom stereocenters. The van der Waals surface area contributed by atoms with Gasteiger partial charge >= 0.3 is 11.9 Å². The number of ether oxygens (including phenoxy) is 3. The Kier molecular flexibility index (Phi) is 3.68. The first-order valence-electron chi connectivity index (χ1n) is 10.1. The summed E-state index contributed by atoms with van der Waals surface area (Å²) >= 11 is 0. The van der Waals surface area contributed by atoms with Crippen LogP contribution in [0.2, 0.25) is 0 Å². The molecule has 146 valence electrons. The molecule has 26 heavy (non-hydrogen) atoms. The molecule has 0 aromatic heterocycles. The molecule has 2 saturated carbocycles. The molecule has 0 spiro atoms. The highest BCUT2D eigenvalue weighted by Gasteiger charge is 2.77. The summed E-state index contributed by atoms with van der Waals surface area (Å²) in [7, 11) is 0. The Morgan fingerprint density at radius 3 is 2.27 bits per heavy atom. The summed E-state index contributed by atoms with van der Waals surface area (Å²) < 4.78 is 17.5. The minimum Gasteiger partial charge on any atom is -0.460 e. The molecule has 4 rings (SSSR count). The van der Waals surface area contributed by atoms with Gasteiger partial charge in [0.1, 0.15) is 17.8 Å². The Morgan fingerprint density at radius 1 is 1.08 bits per heavy atom. The molecular weight excluding hydrogens is 332 g/mol. The number of carbonyl (C=O) groups excluding carboxylic acids is 2. The highest BCUT2D eigenvalue weighted by Crippen LogP contribution is 2.66. The van der Waals surface area contributed by atoms with Gasteiger partial charge in [0.25, 0.3) is 0 Å². The lowest BCUT2D eigenvalue weighted by molar-refractivity contribution is -0.184. The van der Waals surface area contributed by atoms with E-state index in [1.807, 2.05) is 27.7 Å². The average molecular weight is 364 g/mol. The van der Waals surface area contributed by atoms with Gasteiger partial charge in [-0.05, 0) is 52.4 Å². The molecule has 2 aliphatic heterocycles. The smallest absolute Gasteiger partial charge is 0.351 e. The lowest BCUT2D eigenvalue weighted by Gasteiger charge is -2.34. The van der Waals surface area contributed by atoms with Gasteiger partial charge in [-0.25, -0.2) is 4.79 Å². The summed E-state index contributed by atoms with van der Waals surface area (Å²) in [5.41, 5.74) is -2.96. The normalized spacial score (nSPS) is 46.9. The van der Waals surface area contributed by atoms with Crippen LogP contribution in [0.5, 0.6) is 0 Å². The predicted octanol–water partition coefficient (Wildman–Crippen LogP) is 3.78. The number of hydrogen-bond donors (Lipinski definition) is 0. The highest BCUT2D eigenvalue weighted by atomic mass is 16.7. The number of epoxide rings is 1. The van der Waals surface area contributed by atoms with Gasteiger partial charge in [0.2, 0.25) is 5.60 Å². The van der Waals surface area contributed by atoms with Crippen molar-refractivity contribution in [1.29, 1.82) is 0 Å². The Morgan fingerprint density at radius 2 is 1.73 bits per heavy atom. The minimum atomic E-state index is -1.15. The van der Waals surface area contributed by atoms with E-state index in [2.05, 4.69) is 6.92 Å². The Labute approximate surface area is 156 Å². The molecule has 5 nitrogen and oxygen atoms in total. The summed E-state index contributed by atoms with van der Waals surface area (Å²) in [5.74, 6) is -0.139. The van der Waals surface area contributed by atoms with Crippen molar-refractivity contribution in [3.05, 3.63) is 0 Å². The van der Waals surface area contributed by atoms with Gasteiger partial charge in [0.15, 0.2) is 0 Å². The monoisotopic (exact) mass is 364 g/mol. The lowest BCUT2D eigenvalue weighted by Crippen LogP contribution is -2.49. The largest absolute Gasteiger partial charge is 0.460 e. The number of carbonyl (C=O) groups is 2. The third kappa shape index (κ3) is 2.01. The Balaban J connectivity index is 1.45. The lowest BCUT2D eigenvalue weighted by atomic mass is 9.66. The van der Waals surface area contributed by atoms with Gasteiger partial charge in [-0.2, -0.15) is 0 Å². The number of rotatable bonds is 4. The van der Waals surface area contributed by atoms with Crippen molar-refractivity contribution in [1.82, 2.24) is 0 Å². The molecule has 0 aromatic carbocycles. The molecule has 0 amide bonds. The molecule has 2 aliphatic carbocycles. The second-order valence-corrected chi connectivity index (χ2v) is 10.0. The predicted molar refractivity (Wildman–Crippen MR) is 95.4 cm³/mol. The van der Waals surface area contributed by atoms with Crippen LogP contribution in [0.1, 0.15) is 79.6 Å². The van der Waals surface area contributed by atoms with Crippen LogP contribution >= 0.6 is 0 Å². The van der Waals surface area contributed by atoms with Crippen LogP contribution in [0.15, 0.2) is 0 Å². The SMILES string of the molecule is CC12CCC(C(=O)OC[C@@]3(C)O[C@@]3(C)C3CCCCC3)(OC1=O)C2(C)C. The highest BCUT2D eigenvalue weighted by molar-refractivity contribution is 5.93. The van der Waals surface area contributed by atoms with E-state index < -0.39 is 28.0 Å². The fourth-order valence-electron chi connectivity index (χ4n) is 5.81. The van der Waals surface area contributed by atoms with Crippen molar-refractivity contribution < 1.29 is 23.8 Å². The molecule has 0 radical (unpaired) electrons. The molecular formula is C21H32O5. The molecule has 2 saturated heterocycles. The van der Waals surface area contributed by atoms with Gasteiger partial charge in [0.05, 0.1) is 5.41 Å². The first kappa shape index (κ1) is 18.3. The van der Waals surface area contributed by atoms with E-state index >= 15 is 0 Å². The molecule has 0 N–H and O–H groups in total. The summed E-state index contributed by atoms with van der Waals surface area (Å²) in [6, 6.07) is 0. The van der Waals surface area contributed by atoms with Crippen molar-refractivity contribution in [3.63, 3.8) is 0 Å². The van der Waals surface area contributed by atoms with E-state index in [9.17, 15) is 9.59 Å². The van der Waals surface area contributed by atoms with Crippen LogP contribution in [0.4, 0.5) is 0 Å². The van der Waals surface area contributed by atoms with E-state index in [4.69, 9.17) is 14.2 Å². The second-order valence-electron chi connectivity index (χ2n) is 10.0. The third-order valence-electron chi connectivity index (χ3n) is 8.72. The van der Waals surface area contributed by atoms with Crippen molar-refractivity contribution in [2.45, 2.75) is 96.4 Å². The number of esters is 2. The van der Waals surface area contributed by atoms with E-state index in [1.54, 1.807) is 0 Å². The van der Waals surface area contributed by atoms with E-state index in [1.165, 1.54) is 32.1 Å². The molecule has 4 aliphatic rings. The zero-order chi connectivity index (χ0) is 19.0. The number of hydrogen-bond acceptors (Lipinski definition) is 5. The van der Waals surface area contributed by atoms with Crippen LogP contribution in [-0.4, -0.2) is 35.3 Å². The quantitative estimate of drug-likeness (QED) is 0.561. The van der Waals surface area contributed by atoms with Crippen molar-refractivity contribution in [3.8, 4) is 0 Å². The summed E-state index contributed by atoms with van der Waals surface area (Å²) in [6.45, 7) is 10.2. The standard InChI is InChI=1S/C21H32O5/c1-17(2)18(3)11-12-21(17,25-15(18)22)16(23)24-13-19(4)20(5,26-19)14-9-7-6-8-10-14/h14H,6-13H2,1-5H3/t18?,19-,20+,21?/m1/s1. The zero-order valence-corrected chi connectivity index (χ0v) is 16.8. The third-order valence-corrected chi connectivity index (χ3v) is 8.72. The van der Waals surface area contributed by atoms with Crippen LogP contribution < -0.4 is 0 Å². The van der Waals surface area contributed by atoms with Gasteiger partial charge in [0, 0.05) is 5.41 Å². The Bertz CT molecular complexity index is 651. The van der Waals surface area contributed by atoms with Crippen molar-refractivity contribution >= 4 is 11.9 Å². The summed E-state index contributed by atoms with van der Waals surface area (Å²) in [5, 5.41) is 0.